The van der Waals surface area contributed by atoms with Crippen molar-refractivity contribution in [3.8, 4) is 0 Å². The molecule has 2 amide bonds. The van der Waals surface area contributed by atoms with Crippen LogP contribution in [0.1, 0.15) is 59.3 Å². The number of aliphatic hydroxyl groups is 1. The minimum atomic E-state index is -0.543. The molecular weight excluding hydrogens is 396 g/mol. The van der Waals surface area contributed by atoms with Crippen LogP contribution in [0, 0.1) is 29.1 Å². The predicted octanol–water partition coefficient (Wildman–Crippen LogP) is 2.21. The second-order valence-electron chi connectivity index (χ2n) is 10.4. The van der Waals surface area contributed by atoms with Crippen LogP contribution in [0.2, 0.25) is 0 Å². The van der Waals surface area contributed by atoms with E-state index in [1.54, 1.807) is 7.11 Å². The van der Waals surface area contributed by atoms with E-state index in [0.29, 0.717) is 6.61 Å². The summed E-state index contributed by atoms with van der Waals surface area (Å²) < 4.78 is 10.3. The maximum Gasteiger partial charge on any atom is 0.246 e. The average molecular weight is 439 g/mol. The summed E-state index contributed by atoms with van der Waals surface area (Å²) in [4.78, 5) is 27.5. The molecule has 3 aliphatic rings. The van der Waals surface area contributed by atoms with E-state index in [0.717, 1.165) is 45.1 Å². The fraction of sp³-hybridized carbons (Fsp3) is 0.917. The zero-order chi connectivity index (χ0) is 22.8. The van der Waals surface area contributed by atoms with Crippen molar-refractivity contribution in [2.75, 3.05) is 34.0 Å². The summed E-state index contributed by atoms with van der Waals surface area (Å²) in [6, 6.07) is 0.185. The third-order valence-corrected chi connectivity index (χ3v) is 8.56. The topological polar surface area (TPSA) is 88.1 Å². The molecule has 0 bridgehead atoms. The van der Waals surface area contributed by atoms with E-state index in [1.165, 1.54) is 7.11 Å². The number of amides is 2. The molecule has 1 aliphatic heterocycles. The minimum absolute atomic E-state index is 0.0322. The van der Waals surface area contributed by atoms with Gasteiger partial charge in [-0.05, 0) is 61.7 Å². The van der Waals surface area contributed by atoms with Gasteiger partial charge in [-0.25, -0.2) is 0 Å². The Morgan fingerprint density at radius 1 is 1.19 bits per heavy atom. The molecule has 1 heterocycles. The van der Waals surface area contributed by atoms with Gasteiger partial charge in [0.05, 0.1) is 18.8 Å². The summed E-state index contributed by atoms with van der Waals surface area (Å²) in [7, 11) is 3.20. The smallest absolute Gasteiger partial charge is 0.246 e. The number of carbonyl (C=O) groups excluding carboxylic acids is 2. The van der Waals surface area contributed by atoms with Crippen LogP contribution in [-0.4, -0.2) is 74.0 Å². The second-order valence-corrected chi connectivity index (χ2v) is 10.4. The van der Waals surface area contributed by atoms with Gasteiger partial charge in [0.2, 0.25) is 11.8 Å². The van der Waals surface area contributed by atoms with Gasteiger partial charge in [0.25, 0.3) is 0 Å². The molecule has 7 nitrogen and oxygen atoms in total. The first-order chi connectivity index (χ1) is 14.7. The molecule has 0 unspecified atom stereocenters. The van der Waals surface area contributed by atoms with E-state index in [2.05, 4.69) is 19.2 Å². The lowest BCUT2D eigenvalue weighted by Crippen LogP contribution is -2.59. The fourth-order valence-electron chi connectivity index (χ4n) is 6.81. The molecule has 178 valence electrons. The summed E-state index contributed by atoms with van der Waals surface area (Å²) in [6.45, 7) is 7.83. The molecule has 3 rings (SSSR count). The second kappa shape index (κ2) is 10.2. The largest absolute Gasteiger partial charge is 0.392 e. The molecule has 3 fully saturated rings. The number of ether oxygens (including phenoxy) is 2. The van der Waals surface area contributed by atoms with Crippen LogP contribution in [0.25, 0.3) is 0 Å². The Kier molecular flexibility index (Phi) is 8.03. The maximum absolute atomic E-state index is 13.4. The Balaban J connectivity index is 1.72. The van der Waals surface area contributed by atoms with Crippen molar-refractivity contribution in [3.63, 3.8) is 0 Å². The number of carbonyl (C=O) groups is 2. The number of rotatable bonds is 7. The lowest BCUT2D eigenvalue weighted by Gasteiger charge is -2.56. The summed E-state index contributed by atoms with van der Waals surface area (Å²) in [5.74, 6) is -0.00535. The number of nitrogens with zero attached hydrogens (tertiary/aromatic N) is 1. The van der Waals surface area contributed by atoms with Crippen molar-refractivity contribution in [3.05, 3.63) is 0 Å². The van der Waals surface area contributed by atoms with Crippen molar-refractivity contribution in [2.45, 2.75) is 77.5 Å². The van der Waals surface area contributed by atoms with Gasteiger partial charge in [-0.15, -0.1) is 0 Å². The minimum Gasteiger partial charge on any atom is -0.392 e. The first kappa shape index (κ1) is 24.5. The van der Waals surface area contributed by atoms with Gasteiger partial charge in [-0.1, -0.05) is 20.8 Å². The Morgan fingerprint density at radius 2 is 1.90 bits per heavy atom. The van der Waals surface area contributed by atoms with Crippen LogP contribution < -0.4 is 5.32 Å². The third kappa shape index (κ3) is 4.93. The van der Waals surface area contributed by atoms with E-state index >= 15 is 0 Å². The van der Waals surface area contributed by atoms with Gasteiger partial charge in [0.1, 0.15) is 6.61 Å². The normalized spacial score (nSPS) is 39.1. The highest BCUT2D eigenvalue weighted by Gasteiger charge is 2.54. The van der Waals surface area contributed by atoms with Crippen LogP contribution in [0.4, 0.5) is 0 Å². The van der Waals surface area contributed by atoms with E-state index < -0.39 is 6.10 Å². The van der Waals surface area contributed by atoms with Crippen LogP contribution in [-0.2, 0) is 19.1 Å². The molecule has 0 spiro atoms. The summed E-state index contributed by atoms with van der Waals surface area (Å²) in [6.07, 6.45) is 5.24. The molecule has 0 aromatic carbocycles. The Bertz CT molecular complexity index is 643. The molecule has 2 saturated carbocycles. The van der Waals surface area contributed by atoms with Crippen molar-refractivity contribution < 1.29 is 24.2 Å². The number of methoxy groups -OCH3 is 2. The highest BCUT2D eigenvalue weighted by Crippen LogP contribution is 2.55. The Hall–Kier alpha value is -1.18. The zero-order valence-electron chi connectivity index (χ0n) is 19.9. The molecule has 1 saturated heterocycles. The number of nitrogens with one attached hydrogen (secondary N) is 1. The van der Waals surface area contributed by atoms with Gasteiger partial charge in [0.15, 0.2) is 0 Å². The number of likely N-dealkylation sites (tertiary alicyclic amines) is 1. The highest BCUT2D eigenvalue weighted by molar-refractivity contribution is 5.79. The number of hydrogen-bond donors (Lipinski definition) is 2. The van der Waals surface area contributed by atoms with Crippen LogP contribution in [0.15, 0.2) is 0 Å². The van der Waals surface area contributed by atoms with Crippen LogP contribution in [0.3, 0.4) is 0 Å². The monoisotopic (exact) mass is 438 g/mol. The quantitative estimate of drug-likeness (QED) is 0.636. The first-order valence-electron chi connectivity index (χ1n) is 12.0. The average Bonchev–Trinajstić information content (AvgIpc) is 3.18. The number of aliphatic hydroxyl groups excluding tert-OH is 1. The Morgan fingerprint density at radius 3 is 2.58 bits per heavy atom. The van der Waals surface area contributed by atoms with Gasteiger partial charge in [-0.2, -0.15) is 0 Å². The molecule has 7 heteroatoms. The molecule has 0 aromatic rings. The van der Waals surface area contributed by atoms with Gasteiger partial charge < -0.3 is 24.8 Å². The number of hydrogen-bond acceptors (Lipinski definition) is 5. The fourth-order valence-corrected chi connectivity index (χ4v) is 6.81. The van der Waals surface area contributed by atoms with Crippen molar-refractivity contribution in [1.82, 2.24) is 10.2 Å². The first-order valence-corrected chi connectivity index (χ1v) is 12.0. The van der Waals surface area contributed by atoms with Crippen LogP contribution >= 0.6 is 0 Å². The Labute approximate surface area is 187 Å². The van der Waals surface area contributed by atoms with E-state index in [1.807, 2.05) is 11.8 Å². The maximum atomic E-state index is 13.4. The molecule has 2 aliphatic carbocycles. The van der Waals surface area contributed by atoms with Crippen molar-refractivity contribution in [2.24, 2.45) is 29.1 Å². The van der Waals surface area contributed by atoms with Gasteiger partial charge in [-0.3, -0.25) is 9.59 Å². The lowest BCUT2D eigenvalue weighted by molar-refractivity contribution is -0.152. The van der Waals surface area contributed by atoms with Gasteiger partial charge >= 0.3 is 0 Å². The van der Waals surface area contributed by atoms with Crippen LogP contribution in [0.5, 0.6) is 0 Å². The third-order valence-electron chi connectivity index (χ3n) is 8.56. The lowest BCUT2D eigenvalue weighted by atomic mass is 9.51. The SMILES string of the molecule is COCC(=O)N[C@H]1CC[C@]2(C)CC[C@H]([C@H](C)C(=O)N3CCC[C@@H]3COC)[C@H](O)[C@H]2[C@@H]1C. The van der Waals surface area contributed by atoms with E-state index in [4.69, 9.17) is 9.47 Å². The zero-order valence-corrected chi connectivity index (χ0v) is 19.9. The number of fused-ring (bicyclic) bond motifs is 1. The summed E-state index contributed by atoms with van der Waals surface area (Å²) >= 11 is 0. The van der Waals surface area contributed by atoms with E-state index in [9.17, 15) is 14.7 Å². The van der Waals surface area contributed by atoms with Gasteiger partial charge in [0, 0.05) is 32.7 Å². The predicted molar refractivity (Wildman–Crippen MR) is 118 cm³/mol. The molecule has 0 aromatic heterocycles. The van der Waals surface area contributed by atoms with Crippen molar-refractivity contribution in [1.29, 1.82) is 0 Å². The van der Waals surface area contributed by atoms with E-state index in [-0.39, 0.29) is 59.6 Å². The standard InChI is InChI=1S/C24H42N2O5/c1-15(23(29)26-12-6-7-17(26)13-30-4)18-8-10-24(3)11-9-19(25-20(27)14-31-5)16(2)21(24)22(18)28/h15-19,21-22,28H,6-14H2,1-5H3,(H,25,27)/t15-,16+,17+,18+,19-,21+,22-,24-/m0/s1. The molecule has 8 atom stereocenters. The molecular formula is C24H42N2O5. The molecule has 31 heavy (non-hydrogen) atoms. The summed E-state index contributed by atoms with van der Waals surface area (Å²) in [5.41, 5.74) is 0.0484. The highest BCUT2D eigenvalue weighted by atomic mass is 16.5. The molecule has 0 radical (unpaired) electrons. The molecule has 2 N–H and O–H groups in total. The van der Waals surface area contributed by atoms with Crippen molar-refractivity contribution >= 4 is 11.8 Å². The summed E-state index contributed by atoms with van der Waals surface area (Å²) in [5, 5.41) is 14.7.